The molecule has 5 heteroatoms. The highest BCUT2D eigenvalue weighted by atomic mass is 15.1. The lowest BCUT2D eigenvalue weighted by molar-refractivity contribution is 0.934. The second-order valence-electron chi connectivity index (χ2n) is 5.39. The number of imidazole rings is 1. The van der Waals surface area contributed by atoms with Gasteiger partial charge in [0, 0.05) is 31.0 Å². The zero-order chi connectivity index (χ0) is 16.1. The zero-order valence-corrected chi connectivity index (χ0v) is 13.2. The highest BCUT2D eigenvalue weighted by Crippen LogP contribution is 2.09. The summed E-state index contributed by atoms with van der Waals surface area (Å²) in [5.41, 5.74) is 10.2. The van der Waals surface area contributed by atoms with Crippen LogP contribution in [0.4, 0.5) is 5.69 Å². The summed E-state index contributed by atoms with van der Waals surface area (Å²) in [5, 5.41) is 3.11. The van der Waals surface area contributed by atoms with E-state index in [4.69, 9.17) is 5.73 Å². The minimum absolute atomic E-state index is 0.429. The van der Waals surface area contributed by atoms with Crippen LogP contribution in [0.2, 0.25) is 0 Å². The summed E-state index contributed by atoms with van der Waals surface area (Å²) in [6, 6.07) is 14.2. The Kier molecular flexibility index (Phi) is 4.57. The molecule has 0 amide bonds. The Morgan fingerprint density at radius 3 is 2.78 bits per heavy atom. The van der Waals surface area contributed by atoms with E-state index in [-0.39, 0.29) is 0 Å². The summed E-state index contributed by atoms with van der Waals surface area (Å²) in [6.45, 7) is 2.74. The fourth-order valence-corrected chi connectivity index (χ4v) is 2.41. The van der Waals surface area contributed by atoms with Gasteiger partial charge in [0.1, 0.15) is 5.65 Å². The number of nitrogens with two attached hydrogens (primary N) is 1. The van der Waals surface area contributed by atoms with E-state index in [1.54, 1.807) is 0 Å². The van der Waals surface area contributed by atoms with Crippen LogP contribution in [0, 0.1) is 0 Å². The molecule has 0 unspecified atom stereocenters. The van der Waals surface area contributed by atoms with Crippen LogP contribution in [-0.4, -0.2) is 21.9 Å². The number of aliphatic imine (C=N–C) groups is 1. The lowest BCUT2D eigenvalue weighted by Gasteiger charge is -2.06. The van der Waals surface area contributed by atoms with Crippen molar-refractivity contribution in [3.05, 3.63) is 66.1 Å². The average molecular weight is 307 g/mol. The van der Waals surface area contributed by atoms with Gasteiger partial charge >= 0.3 is 0 Å². The molecule has 0 radical (unpaired) electrons. The molecule has 0 fully saturated rings. The summed E-state index contributed by atoms with van der Waals surface area (Å²) in [5.74, 6) is 0.429. The van der Waals surface area contributed by atoms with Crippen molar-refractivity contribution in [2.75, 3.05) is 11.9 Å². The van der Waals surface area contributed by atoms with E-state index in [0.717, 1.165) is 29.9 Å². The van der Waals surface area contributed by atoms with Gasteiger partial charge in [-0.1, -0.05) is 25.1 Å². The molecule has 2 aromatic heterocycles. The molecule has 0 aliphatic heterocycles. The first-order valence-corrected chi connectivity index (χ1v) is 7.83. The standard InChI is InChI=1S/C18H21N5/c1-2-14-6-8-15(9-7-14)22-18(19)20-11-10-16-13-23-12-4-3-5-17(23)21-16/h3-9,12-13H,2,10-11H2,1H3,(H3,19,20,22). The lowest BCUT2D eigenvalue weighted by Crippen LogP contribution is -2.23. The number of pyridine rings is 1. The van der Waals surface area contributed by atoms with E-state index in [1.807, 2.05) is 47.1 Å². The molecule has 0 atom stereocenters. The largest absolute Gasteiger partial charge is 0.370 e. The van der Waals surface area contributed by atoms with Gasteiger partial charge in [0.25, 0.3) is 0 Å². The molecule has 0 saturated heterocycles. The van der Waals surface area contributed by atoms with E-state index in [1.165, 1.54) is 5.56 Å². The van der Waals surface area contributed by atoms with Crippen LogP contribution < -0.4 is 11.1 Å². The molecule has 3 rings (SSSR count). The van der Waals surface area contributed by atoms with Gasteiger partial charge in [0.15, 0.2) is 5.96 Å². The number of anilines is 1. The van der Waals surface area contributed by atoms with Crippen LogP contribution in [0.15, 0.2) is 59.9 Å². The third kappa shape index (κ3) is 3.88. The van der Waals surface area contributed by atoms with Gasteiger partial charge in [-0.15, -0.1) is 0 Å². The van der Waals surface area contributed by atoms with Crippen LogP contribution in [0.1, 0.15) is 18.2 Å². The van der Waals surface area contributed by atoms with Gasteiger partial charge in [-0.25, -0.2) is 4.98 Å². The maximum Gasteiger partial charge on any atom is 0.193 e. The molecule has 0 aliphatic carbocycles. The molecule has 3 aromatic rings. The lowest BCUT2D eigenvalue weighted by atomic mass is 10.1. The molecule has 0 bridgehead atoms. The first kappa shape index (κ1) is 15.1. The second-order valence-corrected chi connectivity index (χ2v) is 5.39. The minimum Gasteiger partial charge on any atom is -0.370 e. The molecular weight excluding hydrogens is 286 g/mol. The number of hydrogen-bond donors (Lipinski definition) is 2. The number of benzene rings is 1. The van der Waals surface area contributed by atoms with E-state index < -0.39 is 0 Å². The normalized spacial score (nSPS) is 11.8. The Morgan fingerprint density at radius 2 is 2.04 bits per heavy atom. The Hall–Kier alpha value is -2.82. The predicted molar refractivity (Wildman–Crippen MR) is 94.8 cm³/mol. The topological polar surface area (TPSA) is 67.7 Å². The number of nitrogens with zero attached hydrogens (tertiary/aromatic N) is 3. The van der Waals surface area contributed by atoms with Crippen molar-refractivity contribution in [1.29, 1.82) is 0 Å². The third-order valence-electron chi connectivity index (χ3n) is 3.70. The Labute approximate surface area is 135 Å². The summed E-state index contributed by atoms with van der Waals surface area (Å²) in [6.07, 6.45) is 5.81. The highest BCUT2D eigenvalue weighted by Gasteiger charge is 2.00. The van der Waals surface area contributed by atoms with Crippen molar-refractivity contribution in [2.45, 2.75) is 19.8 Å². The third-order valence-corrected chi connectivity index (χ3v) is 3.70. The Balaban J connectivity index is 1.56. The molecule has 23 heavy (non-hydrogen) atoms. The zero-order valence-electron chi connectivity index (χ0n) is 13.2. The van der Waals surface area contributed by atoms with E-state index in [9.17, 15) is 0 Å². The first-order valence-electron chi connectivity index (χ1n) is 7.83. The molecule has 1 aromatic carbocycles. The quantitative estimate of drug-likeness (QED) is 0.562. The molecule has 5 nitrogen and oxygen atoms in total. The molecule has 118 valence electrons. The van der Waals surface area contributed by atoms with Gasteiger partial charge in [-0.2, -0.15) is 0 Å². The van der Waals surface area contributed by atoms with Crippen LogP contribution in [0.25, 0.3) is 5.65 Å². The molecular formula is C18H21N5. The van der Waals surface area contributed by atoms with Gasteiger partial charge in [0.2, 0.25) is 0 Å². The number of guanidine groups is 1. The van der Waals surface area contributed by atoms with Crippen molar-refractivity contribution < 1.29 is 0 Å². The number of nitrogens with one attached hydrogen (secondary N) is 1. The van der Waals surface area contributed by atoms with E-state index in [0.29, 0.717) is 12.5 Å². The predicted octanol–water partition coefficient (Wildman–Crippen LogP) is 2.87. The number of rotatable bonds is 5. The Bertz CT molecular complexity index is 769. The molecule has 0 aliphatic rings. The average Bonchev–Trinajstić information content (AvgIpc) is 2.98. The SMILES string of the molecule is CCc1ccc(NC(N)=NCCc2cn3ccccc3n2)cc1. The van der Waals surface area contributed by atoms with Gasteiger partial charge in [-0.05, 0) is 36.2 Å². The summed E-state index contributed by atoms with van der Waals surface area (Å²) in [4.78, 5) is 8.91. The Morgan fingerprint density at radius 1 is 1.22 bits per heavy atom. The molecule has 0 spiro atoms. The number of hydrogen-bond acceptors (Lipinski definition) is 2. The van der Waals surface area contributed by atoms with Crippen molar-refractivity contribution in [1.82, 2.24) is 9.38 Å². The van der Waals surface area contributed by atoms with Crippen LogP contribution in [0.3, 0.4) is 0 Å². The summed E-state index contributed by atoms with van der Waals surface area (Å²) >= 11 is 0. The fourth-order valence-electron chi connectivity index (χ4n) is 2.41. The van der Waals surface area contributed by atoms with Crippen molar-refractivity contribution in [3.63, 3.8) is 0 Å². The number of fused-ring (bicyclic) bond motifs is 1. The molecule has 2 heterocycles. The van der Waals surface area contributed by atoms with Gasteiger partial charge < -0.3 is 15.5 Å². The van der Waals surface area contributed by atoms with E-state index >= 15 is 0 Å². The maximum absolute atomic E-state index is 5.93. The molecule has 3 N–H and O–H groups in total. The van der Waals surface area contributed by atoms with Crippen LogP contribution >= 0.6 is 0 Å². The smallest absolute Gasteiger partial charge is 0.193 e. The van der Waals surface area contributed by atoms with Gasteiger partial charge in [-0.3, -0.25) is 4.99 Å². The maximum atomic E-state index is 5.93. The van der Waals surface area contributed by atoms with Crippen LogP contribution in [0.5, 0.6) is 0 Å². The first-order chi connectivity index (χ1) is 11.2. The molecule has 0 saturated carbocycles. The monoisotopic (exact) mass is 307 g/mol. The highest BCUT2D eigenvalue weighted by molar-refractivity contribution is 5.92. The van der Waals surface area contributed by atoms with Crippen molar-refractivity contribution in [3.8, 4) is 0 Å². The number of aryl methyl sites for hydroxylation is 1. The van der Waals surface area contributed by atoms with Crippen LogP contribution in [-0.2, 0) is 12.8 Å². The van der Waals surface area contributed by atoms with Gasteiger partial charge in [0.05, 0.1) is 5.69 Å². The summed E-state index contributed by atoms with van der Waals surface area (Å²) < 4.78 is 2.01. The fraction of sp³-hybridized carbons (Fsp3) is 0.222. The minimum atomic E-state index is 0.429. The second kappa shape index (κ2) is 6.96. The van der Waals surface area contributed by atoms with Crippen molar-refractivity contribution in [2.24, 2.45) is 10.7 Å². The number of aromatic nitrogens is 2. The van der Waals surface area contributed by atoms with E-state index in [2.05, 4.69) is 34.3 Å². The summed E-state index contributed by atoms with van der Waals surface area (Å²) in [7, 11) is 0. The van der Waals surface area contributed by atoms with Crippen molar-refractivity contribution >= 4 is 17.3 Å².